The molecule has 2 aromatic heterocycles. The first-order valence-electron chi connectivity index (χ1n) is 9.03. The third-order valence-corrected chi connectivity index (χ3v) is 4.43. The van der Waals surface area contributed by atoms with Crippen molar-refractivity contribution in [3.8, 4) is 5.75 Å². The van der Waals surface area contributed by atoms with E-state index in [0.717, 1.165) is 17.7 Å². The summed E-state index contributed by atoms with van der Waals surface area (Å²) < 4.78 is 8.22. The molecule has 3 rings (SSSR count). The smallest absolute Gasteiger partial charge is 0.329 e. The summed E-state index contributed by atoms with van der Waals surface area (Å²) in [6.45, 7) is 4.79. The third-order valence-electron chi connectivity index (χ3n) is 4.43. The minimum absolute atomic E-state index is 0.319. The number of anilines is 1. The first kappa shape index (κ1) is 19.4. The van der Waals surface area contributed by atoms with Crippen molar-refractivity contribution in [1.29, 1.82) is 0 Å². The summed E-state index contributed by atoms with van der Waals surface area (Å²) >= 11 is 0. The van der Waals surface area contributed by atoms with Gasteiger partial charge in [0.05, 0.1) is 13.3 Å². The Morgan fingerprint density at radius 3 is 2.64 bits per heavy atom. The Morgan fingerprint density at radius 2 is 2.00 bits per heavy atom. The predicted molar refractivity (Wildman–Crippen MR) is 109 cm³/mol. The number of rotatable bonds is 7. The molecule has 0 aliphatic carbocycles. The summed E-state index contributed by atoms with van der Waals surface area (Å²) in [7, 11) is 3.19. The molecule has 3 aromatic rings. The maximum Gasteiger partial charge on any atom is 0.329 e. The zero-order valence-corrected chi connectivity index (χ0v) is 16.4. The Labute approximate surface area is 161 Å². The first-order valence-corrected chi connectivity index (χ1v) is 9.03. The van der Waals surface area contributed by atoms with Gasteiger partial charge in [0.1, 0.15) is 5.75 Å². The number of hydrogen-bond acceptors (Lipinski definition) is 6. The van der Waals surface area contributed by atoms with Crippen molar-refractivity contribution in [2.45, 2.75) is 26.8 Å². The number of benzene rings is 1. The molecule has 148 valence electrons. The van der Waals surface area contributed by atoms with E-state index in [9.17, 15) is 9.59 Å². The van der Waals surface area contributed by atoms with E-state index in [2.05, 4.69) is 34.3 Å². The van der Waals surface area contributed by atoms with Gasteiger partial charge in [-0.1, -0.05) is 13.8 Å². The lowest BCUT2D eigenvalue weighted by molar-refractivity contribution is 0.415. The number of H-pyrrole nitrogens is 1. The lowest BCUT2D eigenvalue weighted by Crippen LogP contribution is -2.29. The van der Waals surface area contributed by atoms with Crippen LogP contribution in [0.4, 0.5) is 5.95 Å². The van der Waals surface area contributed by atoms with Crippen LogP contribution >= 0.6 is 0 Å². The van der Waals surface area contributed by atoms with Gasteiger partial charge in [-0.05, 0) is 42.2 Å². The van der Waals surface area contributed by atoms with Crippen LogP contribution in [0.1, 0.15) is 25.8 Å². The maximum atomic E-state index is 12.4. The average Bonchev–Trinajstić information content (AvgIpc) is 3.04. The largest absolute Gasteiger partial charge is 0.497 e. The second-order valence-electron chi connectivity index (χ2n) is 6.90. The van der Waals surface area contributed by atoms with E-state index < -0.39 is 11.2 Å². The highest BCUT2D eigenvalue weighted by atomic mass is 16.5. The highest BCUT2D eigenvalue weighted by Gasteiger charge is 2.17. The number of imidazole rings is 1. The van der Waals surface area contributed by atoms with Crippen LogP contribution in [0.5, 0.6) is 5.75 Å². The predicted octanol–water partition coefficient (Wildman–Crippen LogP) is 1.92. The van der Waals surface area contributed by atoms with Gasteiger partial charge in [0.2, 0.25) is 5.95 Å². The Morgan fingerprint density at radius 1 is 1.29 bits per heavy atom. The lowest BCUT2D eigenvalue weighted by Gasteiger charge is -2.09. The number of fused-ring (bicyclic) bond motifs is 1. The van der Waals surface area contributed by atoms with Crippen LogP contribution in [0.2, 0.25) is 0 Å². The molecule has 0 fully saturated rings. The number of hydrogen-bond donors (Lipinski definition) is 2. The van der Waals surface area contributed by atoms with Crippen LogP contribution in [0.25, 0.3) is 11.2 Å². The molecule has 0 radical (unpaired) electrons. The SMILES string of the molecule is COc1ccc(/C=N\Nc2nc3c(c(=O)[nH]c(=O)n3C)n2CCC(C)C)cc1. The quantitative estimate of drug-likeness (QED) is 0.478. The van der Waals surface area contributed by atoms with Gasteiger partial charge in [-0.15, -0.1) is 0 Å². The Hall–Kier alpha value is -3.36. The van der Waals surface area contributed by atoms with Crippen molar-refractivity contribution in [2.24, 2.45) is 18.1 Å². The van der Waals surface area contributed by atoms with Crippen LogP contribution in [-0.2, 0) is 13.6 Å². The Balaban J connectivity index is 1.96. The van der Waals surface area contributed by atoms with Crippen LogP contribution in [0, 0.1) is 5.92 Å². The zero-order chi connectivity index (χ0) is 20.3. The molecular weight excluding hydrogens is 360 g/mol. The molecule has 0 unspecified atom stereocenters. The van der Waals surface area contributed by atoms with E-state index in [1.165, 1.54) is 4.57 Å². The number of methoxy groups -OCH3 is 1. The summed E-state index contributed by atoms with van der Waals surface area (Å²) in [4.78, 5) is 31.0. The molecule has 2 heterocycles. The topological polar surface area (TPSA) is 106 Å². The van der Waals surface area contributed by atoms with Crippen LogP contribution in [0.3, 0.4) is 0 Å². The minimum Gasteiger partial charge on any atom is -0.497 e. The van der Waals surface area contributed by atoms with Gasteiger partial charge in [0.25, 0.3) is 5.56 Å². The van der Waals surface area contributed by atoms with Crippen LogP contribution < -0.4 is 21.4 Å². The highest BCUT2D eigenvalue weighted by molar-refractivity contribution is 5.80. The van der Waals surface area contributed by atoms with Gasteiger partial charge < -0.3 is 9.30 Å². The molecule has 0 spiro atoms. The van der Waals surface area contributed by atoms with Gasteiger partial charge in [0, 0.05) is 13.6 Å². The standard InChI is InChI=1S/C19H24N6O3/c1-12(2)9-10-25-15-16(24(3)19(27)22-17(15)26)21-18(25)23-20-11-13-5-7-14(28-4)8-6-13/h5-8,11-12H,9-10H2,1-4H3,(H,21,23)(H,22,26,27)/b20-11-. The lowest BCUT2D eigenvalue weighted by atomic mass is 10.1. The highest BCUT2D eigenvalue weighted by Crippen LogP contribution is 2.17. The van der Waals surface area contributed by atoms with Crippen molar-refractivity contribution in [1.82, 2.24) is 19.1 Å². The fraction of sp³-hybridized carbons (Fsp3) is 0.368. The molecular formula is C19H24N6O3. The summed E-state index contributed by atoms with van der Waals surface area (Å²) in [6, 6.07) is 7.43. The molecule has 0 saturated carbocycles. The number of hydrazone groups is 1. The second kappa shape index (κ2) is 8.12. The summed E-state index contributed by atoms with van der Waals surface area (Å²) in [6.07, 6.45) is 2.50. The van der Waals surface area contributed by atoms with E-state index in [1.807, 2.05) is 24.3 Å². The molecule has 0 aliphatic heterocycles. The summed E-state index contributed by atoms with van der Waals surface area (Å²) in [5.74, 6) is 1.62. The van der Waals surface area contributed by atoms with Crippen molar-refractivity contribution in [2.75, 3.05) is 12.5 Å². The average molecular weight is 384 g/mol. The fourth-order valence-corrected chi connectivity index (χ4v) is 2.78. The number of nitrogens with zero attached hydrogens (tertiary/aromatic N) is 4. The van der Waals surface area contributed by atoms with E-state index in [4.69, 9.17) is 4.74 Å². The maximum absolute atomic E-state index is 12.4. The number of ether oxygens (including phenoxy) is 1. The van der Waals surface area contributed by atoms with Gasteiger partial charge in [-0.3, -0.25) is 14.3 Å². The molecule has 0 atom stereocenters. The summed E-state index contributed by atoms with van der Waals surface area (Å²) in [5.41, 5.74) is 3.49. The number of aryl methyl sites for hydroxylation is 2. The Kier molecular flexibility index (Phi) is 5.62. The number of nitrogens with one attached hydrogen (secondary N) is 2. The number of aromatic amines is 1. The molecule has 9 nitrogen and oxygen atoms in total. The van der Waals surface area contributed by atoms with Gasteiger partial charge in [0.15, 0.2) is 11.2 Å². The zero-order valence-electron chi connectivity index (χ0n) is 16.4. The number of aromatic nitrogens is 4. The molecule has 0 aliphatic rings. The monoisotopic (exact) mass is 384 g/mol. The van der Waals surface area contributed by atoms with Crippen LogP contribution in [-0.4, -0.2) is 32.4 Å². The summed E-state index contributed by atoms with van der Waals surface area (Å²) in [5, 5.41) is 4.23. The molecule has 1 aromatic carbocycles. The third kappa shape index (κ3) is 3.98. The van der Waals surface area contributed by atoms with Crippen molar-refractivity contribution < 1.29 is 4.74 Å². The van der Waals surface area contributed by atoms with E-state index in [1.54, 1.807) is 24.9 Å². The molecule has 0 bridgehead atoms. The Bertz CT molecular complexity index is 1110. The first-order chi connectivity index (χ1) is 13.4. The normalized spacial score (nSPS) is 11.6. The van der Waals surface area contributed by atoms with E-state index in [0.29, 0.717) is 29.6 Å². The van der Waals surface area contributed by atoms with Crippen LogP contribution in [0.15, 0.2) is 39.0 Å². The molecule has 0 saturated heterocycles. The molecule has 9 heteroatoms. The molecule has 2 N–H and O–H groups in total. The molecule has 28 heavy (non-hydrogen) atoms. The van der Waals surface area contributed by atoms with E-state index >= 15 is 0 Å². The van der Waals surface area contributed by atoms with Gasteiger partial charge in [-0.2, -0.15) is 10.1 Å². The minimum atomic E-state index is -0.501. The van der Waals surface area contributed by atoms with Crippen molar-refractivity contribution in [3.63, 3.8) is 0 Å². The van der Waals surface area contributed by atoms with Crippen molar-refractivity contribution >= 4 is 23.3 Å². The van der Waals surface area contributed by atoms with E-state index in [-0.39, 0.29) is 0 Å². The second-order valence-corrected chi connectivity index (χ2v) is 6.90. The molecule has 0 amide bonds. The van der Waals surface area contributed by atoms with Crippen molar-refractivity contribution in [3.05, 3.63) is 50.7 Å². The fourth-order valence-electron chi connectivity index (χ4n) is 2.78. The van der Waals surface area contributed by atoms with Gasteiger partial charge in [-0.25, -0.2) is 10.2 Å². The van der Waals surface area contributed by atoms with Gasteiger partial charge >= 0.3 is 5.69 Å².